The highest BCUT2D eigenvalue weighted by Gasteiger charge is 2.55. The number of piperidine rings is 1. The number of carbonyl (C=O) groups excluding carboxylic acids is 3. The lowest BCUT2D eigenvalue weighted by atomic mass is 9.95. The number of alkyl halides is 2. The average Bonchev–Trinajstić information content (AvgIpc) is 3.95. The number of fused-ring (bicyclic) bond motifs is 6. The Bertz CT molecular complexity index is 2690. The molecule has 3 aromatic carbocycles. The van der Waals surface area contributed by atoms with Crippen molar-refractivity contribution in [1.29, 1.82) is 0 Å². The molecule has 3 aliphatic carbocycles. The molecule has 5 aliphatic rings. The van der Waals surface area contributed by atoms with Gasteiger partial charge in [0.1, 0.15) is 17.7 Å². The van der Waals surface area contributed by atoms with Crippen LogP contribution >= 0.6 is 0 Å². The van der Waals surface area contributed by atoms with Crippen LogP contribution in [-0.4, -0.2) is 92.8 Å². The number of rotatable bonds is 11. The third kappa shape index (κ3) is 7.34. The lowest BCUT2D eigenvalue weighted by molar-refractivity contribution is -0.139. The van der Waals surface area contributed by atoms with Gasteiger partial charge in [-0.15, -0.1) is 0 Å². The van der Waals surface area contributed by atoms with Gasteiger partial charge in [-0.3, -0.25) is 9.69 Å². The molecule has 2 saturated heterocycles. The third-order valence-electron chi connectivity index (χ3n) is 15.3. The first-order valence-corrected chi connectivity index (χ1v) is 23.1. The van der Waals surface area contributed by atoms with E-state index in [0.29, 0.717) is 33.8 Å². The summed E-state index contributed by atoms with van der Waals surface area (Å²) in [5.41, 5.74) is 5.36. The summed E-state index contributed by atoms with van der Waals surface area (Å²) in [7, 11) is 2.66. The number of amides is 3. The maximum absolute atomic E-state index is 16.7. The molecule has 2 saturated carbocycles. The fraction of sp³-hybridized carbons (Fsp3) is 0.500. The molecule has 4 heterocycles. The minimum atomic E-state index is -3.24. The lowest BCUT2D eigenvalue weighted by Crippen LogP contribution is -2.54. The molecular formula is C50H58F2N8O5. The Morgan fingerprint density at radius 2 is 1.48 bits per heavy atom. The Morgan fingerprint density at radius 3 is 2.15 bits per heavy atom. The predicted octanol–water partition coefficient (Wildman–Crippen LogP) is 9.47. The minimum absolute atomic E-state index is 0.00524. The van der Waals surface area contributed by atoms with Crippen LogP contribution in [0.15, 0.2) is 60.8 Å². The summed E-state index contributed by atoms with van der Waals surface area (Å²) in [6.07, 6.45) is 6.65. The average molecular weight is 889 g/mol. The monoisotopic (exact) mass is 888 g/mol. The number of imidazole rings is 2. The van der Waals surface area contributed by atoms with Crippen LogP contribution in [0.25, 0.3) is 44.5 Å². The van der Waals surface area contributed by atoms with Crippen molar-refractivity contribution in [3.05, 3.63) is 83.6 Å². The number of hydrogen-bond donors (Lipinski definition) is 4. The van der Waals surface area contributed by atoms with E-state index in [1.807, 2.05) is 49.1 Å². The Labute approximate surface area is 377 Å². The van der Waals surface area contributed by atoms with Crippen LogP contribution in [0, 0.1) is 23.2 Å². The van der Waals surface area contributed by atoms with Crippen molar-refractivity contribution >= 4 is 29.1 Å². The molecule has 7 atom stereocenters. The number of nitrogens with one attached hydrogen (secondary N) is 4. The van der Waals surface area contributed by atoms with Gasteiger partial charge in [-0.05, 0) is 115 Å². The summed E-state index contributed by atoms with van der Waals surface area (Å²) >= 11 is 0. The highest BCUT2D eigenvalue weighted by atomic mass is 19.3. The van der Waals surface area contributed by atoms with E-state index in [1.165, 1.54) is 14.2 Å². The van der Waals surface area contributed by atoms with Gasteiger partial charge in [-0.1, -0.05) is 58.0 Å². The van der Waals surface area contributed by atoms with Crippen molar-refractivity contribution in [2.75, 3.05) is 20.8 Å². The number of likely N-dealkylation sites (tertiary alicyclic amines) is 2. The molecule has 65 heavy (non-hydrogen) atoms. The number of carbonyl (C=O) groups is 3. The Kier molecular flexibility index (Phi) is 10.6. The van der Waals surface area contributed by atoms with Gasteiger partial charge in [0.15, 0.2) is 0 Å². The molecule has 1 unspecified atom stereocenters. The van der Waals surface area contributed by atoms with Gasteiger partial charge < -0.3 is 35.0 Å². The van der Waals surface area contributed by atoms with Crippen molar-refractivity contribution in [3.63, 3.8) is 0 Å². The molecule has 342 valence electrons. The number of nitrogens with zero attached hydrogens (tertiary/aromatic N) is 4. The normalized spacial score (nSPS) is 23.8. The van der Waals surface area contributed by atoms with Gasteiger partial charge in [0.05, 0.1) is 49.2 Å². The molecule has 2 bridgehead atoms. The molecule has 10 rings (SSSR count). The van der Waals surface area contributed by atoms with E-state index in [0.717, 1.165) is 67.5 Å². The summed E-state index contributed by atoms with van der Waals surface area (Å²) in [4.78, 5) is 59.8. The van der Waals surface area contributed by atoms with E-state index in [4.69, 9.17) is 19.4 Å². The smallest absolute Gasteiger partial charge is 0.407 e. The van der Waals surface area contributed by atoms with Crippen LogP contribution in [0.1, 0.15) is 108 Å². The van der Waals surface area contributed by atoms with Crippen molar-refractivity contribution in [3.8, 4) is 33.5 Å². The van der Waals surface area contributed by atoms with Gasteiger partial charge in [0.25, 0.3) is 5.92 Å². The topological polar surface area (TPSA) is 158 Å². The number of hydrogen-bond acceptors (Lipinski definition) is 8. The van der Waals surface area contributed by atoms with E-state index >= 15 is 8.78 Å². The molecule has 4 fully saturated rings. The van der Waals surface area contributed by atoms with E-state index < -0.39 is 24.2 Å². The first-order valence-electron chi connectivity index (χ1n) is 23.1. The van der Waals surface area contributed by atoms with Gasteiger partial charge in [-0.25, -0.2) is 19.6 Å². The van der Waals surface area contributed by atoms with Crippen LogP contribution < -0.4 is 10.6 Å². The quantitative estimate of drug-likeness (QED) is 0.102. The Hall–Kier alpha value is -5.83. The number of H-pyrrole nitrogens is 2. The molecule has 5 aromatic rings. The molecule has 3 amide bonds. The van der Waals surface area contributed by atoms with Gasteiger partial charge >= 0.3 is 12.2 Å². The van der Waals surface area contributed by atoms with Crippen molar-refractivity contribution < 1.29 is 32.6 Å². The summed E-state index contributed by atoms with van der Waals surface area (Å²) in [6, 6.07) is 15.2. The number of ether oxygens (including phenoxy) is 2. The molecule has 2 aromatic heterocycles. The van der Waals surface area contributed by atoms with Crippen molar-refractivity contribution in [2.24, 2.45) is 23.2 Å². The second kappa shape index (κ2) is 16.0. The van der Waals surface area contributed by atoms with E-state index in [-0.39, 0.29) is 70.4 Å². The van der Waals surface area contributed by atoms with Gasteiger partial charge in [0, 0.05) is 41.4 Å². The fourth-order valence-corrected chi connectivity index (χ4v) is 11.6. The number of aromatic nitrogens is 4. The summed E-state index contributed by atoms with van der Waals surface area (Å²) in [6.45, 7) is 11.0. The van der Waals surface area contributed by atoms with Gasteiger partial charge in [-0.2, -0.15) is 8.78 Å². The second-order valence-electron chi connectivity index (χ2n) is 19.9. The first-order chi connectivity index (χ1) is 31.1. The van der Waals surface area contributed by atoms with Crippen LogP contribution in [-0.2, 0) is 20.2 Å². The number of aromatic amines is 2. The molecule has 1 spiro atoms. The second-order valence-corrected chi connectivity index (χ2v) is 19.9. The Morgan fingerprint density at radius 1 is 0.815 bits per heavy atom. The maximum atomic E-state index is 16.7. The molecule has 15 heteroatoms. The van der Waals surface area contributed by atoms with Gasteiger partial charge in [0.2, 0.25) is 5.91 Å². The van der Waals surface area contributed by atoms with E-state index in [1.54, 1.807) is 30.5 Å². The number of halogens is 2. The molecule has 4 N–H and O–H groups in total. The number of alkyl carbamates (subject to hydrolysis) is 2. The number of benzene rings is 3. The summed E-state index contributed by atoms with van der Waals surface area (Å²) in [5.74, 6) is -1.66. The SMILES string of the molecule is COC(=O)N[C@@H](C(C)C)C(C)N1CC2(CC2)C[C@H]1c1ncc(-c2ccc3c(c2)C(F)(F)c2cc(-c4ccc5nc([C@@H]6[C@H]7CC[C@H](C7)N6C(=O)[C@@H](NC(=O)OC)C(C)C)[nH]c5c4)ccc2-3)[nH]1. The van der Waals surface area contributed by atoms with Crippen LogP contribution in [0.5, 0.6) is 0 Å². The zero-order valence-corrected chi connectivity index (χ0v) is 38.0. The van der Waals surface area contributed by atoms with Crippen molar-refractivity contribution in [2.45, 2.75) is 115 Å². The zero-order chi connectivity index (χ0) is 45.7. The van der Waals surface area contributed by atoms with Crippen LogP contribution in [0.4, 0.5) is 18.4 Å². The zero-order valence-electron chi connectivity index (χ0n) is 38.0. The number of methoxy groups -OCH3 is 2. The summed E-state index contributed by atoms with van der Waals surface area (Å²) < 4.78 is 43.2. The fourth-order valence-electron chi connectivity index (χ4n) is 11.6. The third-order valence-corrected chi connectivity index (χ3v) is 15.3. The van der Waals surface area contributed by atoms with Crippen LogP contribution in [0.3, 0.4) is 0 Å². The highest BCUT2D eigenvalue weighted by Crippen LogP contribution is 2.59. The lowest BCUT2D eigenvalue weighted by Gasteiger charge is -2.37. The molecule has 0 radical (unpaired) electrons. The molecule has 13 nitrogen and oxygen atoms in total. The standard InChI is InChI=1S/C50H58F2N8O5/c1-25(2)41(57-47(62)64-6)27(5)59-24-49(16-17-49)22-40(59)44-53-23-39(56-44)30-10-14-34-33-13-9-28(19-35(33)50(51,52)36(34)20-30)29-11-15-37-38(21-29)55-45(54-37)43-31-8-12-32(18-31)60(43)46(61)42(26(3)4)58-48(63)65-7/h9-11,13-15,19-21,23,25-27,31-32,40-43H,8,12,16-18,22,24H2,1-7H3,(H,53,56)(H,54,55)(H,57,62)(H,58,63)/t27?,31-,32+,40-,41-,42-,43-/m0/s1. The van der Waals surface area contributed by atoms with Crippen molar-refractivity contribution in [1.82, 2.24) is 40.4 Å². The highest BCUT2D eigenvalue weighted by molar-refractivity contribution is 5.88. The predicted molar refractivity (Wildman–Crippen MR) is 242 cm³/mol. The van der Waals surface area contributed by atoms with E-state index in [2.05, 4.69) is 46.3 Å². The Balaban J connectivity index is 0.895. The van der Waals surface area contributed by atoms with Crippen LogP contribution in [0.2, 0.25) is 0 Å². The maximum Gasteiger partial charge on any atom is 0.407 e. The minimum Gasteiger partial charge on any atom is -0.453 e. The first kappa shape index (κ1) is 43.1. The largest absolute Gasteiger partial charge is 0.453 e. The van der Waals surface area contributed by atoms with E-state index in [9.17, 15) is 14.4 Å². The molecular weight excluding hydrogens is 831 g/mol. The summed E-state index contributed by atoms with van der Waals surface area (Å²) in [5, 5.41) is 5.79. The molecule has 2 aliphatic heterocycles.